The highest BCUT2D eigenvalue weighted by molar-refractivity contribution is 7.99. The highest BCUT2D eigenvalue weighted by Gasteiger charge is 2.19. The predicted octanol–water partition coefficient (Wildman–Crippen LogP) is 4.10. The third-order valence-corrected chi connectivity index (χ3v) is 4.60. The number of fused-ring (bicyclic) bond motifs is 1. The summed E-state index contributed by atoms with van der Waals surface area (Å²) < 4.78 is 5.87. The molecular formula is C18H15N5OS. The molecule has 1 aromatic carbocycles. The average molecular weight is 349 g/mol. The van der Waals surface area contributed by atoms with Gasteiger partial charge in [0.05, 0.1) is 5.92 Å². The van der Waals surface area contributed by atoms with Crippen LogP contribution in [-0.2, 0) is 0 Å². The van der Waals surface area contributed by atoms with Crippen LogP contribution in [0.15, 0.2) is 69.5 Å². The van der Waals surface area contributed by atoms with E-state index in [2.05, 4.69) is 44.2 Å². The second-order valence-corrected chi connectivity index (χ2v) is 6.40. The van der Waals surface area contributed by atoms with E-state index in [1.54, 1.807) is 12.4 Å². The van der Waals surface area contributed by atoms with E-state index in [0.29, 0.717) is 16.8 Å². The largest absolute Gasteiger partial charge is 0.415 e. The lowest BCUT2D eigenvalue weighted by atomic mass is 9.97. The van der Waals surface area contributed by atoms with E-state index in [1.807, 2.05) is 30.3 Å². The van der Waals surface area contributed by atoms with Gasteiger partial charge in [-0.05, 0) is 35.9 Å². The molecule has 25 heavy (non-hydrogen) atoms. The summed E-state index contributed by atoms with van der Waals surface area (Å²) in [6.07, 6.45) is 4.16. The molecule has 3 heterocycles. The second-order valence-electron chi connectivity index (χ2n) is 5.43. The minimum atomic E-state index is 0.0958. The molecule has 0 amide bonds. The van der Waals surface area contributed by atoms with Gasteiger partial charge in [-0.15, -0.1) is 10.2 Å². The molecule has 0 N–H and O–H groups in total. The van der Waals surface area contributed by atoms with Gasteiger partial charge in [-0.3, -0.25) is 4.98 Å². The summed E-state index contributed by atoms with van der Waals surface area (Å²) >= 11 is 1.33. The number of rotatable bonds is 5. The molecule has 1 unspecified atom stereocenters. The van der Waals surface area contributed by atoms with Crippen molar-refractivity contribution in [3.05, 3.63) is 66.3 Å². The molecule has 124 valence electrons. The monoisotopic (exact) mass is 349 g/mol. The van der Waals surface area contributed by atoms with Gasteiger partial charge in [0.15, 0.2) is 5.65 Å². The van der Waals surface area contributed by atoms with Crippen LogP contribution in [0.2, 0.25) is 0 Å². The first-order valence-corrected chi connectivity index (χ1v) is 8.79. The number of benzene rings is 1. The molecule has 7 heteroatoms. The molecule has 0 saturated heterocycles. The SMILES string of the molecule is CCC(c1ccccc1)c1nnc(Sc2ccc3nccnc3n2)o1. The lowest BCUT2D eigenvalue weighted by Gasteiger charge is -2.10. The summed E-state index contributed by atoms with van der Waals surface area (Å²) in [5, 5.41) is 9.60. The maximum absolute atomic E-state index is 5.87. The van der Waals surface area contributed by atoms with Gasteiger partial charge in [-0.2, -0.15) is 0 Å². The standard InChI is InChI=1S/C18H15N5OS/c1-2-13(12-6-4-3-5-7-12)17-22-23-18(24-17)25-15-9-8-14-16(21-15)20-11-10-19-14/h3-11,13H,2H2,1H3. The molecule has 0 saturated carbocycles. The van der Waals surface area contributed by atoms with Crippen LogP contribution in [0.4, 0.5) is 0 Å². The van der Waals surface area contributed by atoms with E-state index in [4.69, 9.17) is 4.42 Å². The molecule has 1 atom stereocenters. The Morgan fingerprint density at radius 2 is 1.84 bits per heavy atom. The van der Waals surface area contributed by atoms with Crippen LogP contribution in [-0.4, -0.2) is 25.1 Å². The highest BCUT2D eigenvalue weighted by Crippen LogP contribution is 2.31. The van der Waals surface area contributed by atoms with Gasteiger partial charge in [-0.1, -0.05) is 37.3 Å². The molecule has 4 aromatic rings. The van der Waals surface area contributed by atoms with E-state index in [0.717, 1.165) is 17.0 Å². The number of aromatic nitrogens is 5. The molecule has 0 aliphatic carbocycles. The van der Waals surface area contributed by atoms with Crippen molar-refractivity contribution in [3.63, 3.8) is 0 Å². The van der Waals surface area contributed by atoms with Crippen LogP contribution in [0, 0.1) is 0 Å². The van der Waals surface area contributed by atoms with Crippen molar-refractivity contribution < 1.29 is 4.42 Å². The third-order valence-electron chi connectivity index (χ3n) is 3.83. The van der Waals surface area contributed by atoms with Gasteiger partial charge in [0.2, 0.25) is 5.89 Å². The lowest BCUT2D eigenvalue weighted by molar-refractivity contribution is 0.395. The molecule has 0 aliphatic heterocycles. The fraction of sp³-hybridized carbons (Fsp3) is 0.167. The van der Waals surface area contributed by atoms with Crippen molar-refractivity contribution >= 4 is 22.9 Å². The maximum Gasteiger partial charge on any atom is 0.282 e. The van der Waals surface area contributed by atoms with Crippen LogP contribution in [0.3, 0.4) is 0 Å². The number of nitrogens with zero attached hydrogens (tertiary/aromatic N) is 5. The summed E-state index contributed by atoms with van der Waals surface area (Å²) in [6, 6.07) is 13.9. The minimum absolute atomic E-state index is 0.0958. The quantitative estimate of drug-likeness (QED) is 0.537. The van der Waals surface area contributed by atoms with E-state index in [-0.39, 0.29) is 5.92 Å². The summed E-state index contributed by atoms with van der Waals surface area (Å²) in [4.78, 5) is 12.9. The van der Waals surface area contributed by atoms with Crippen molar-refractivity contribution in [2.45, 2.75) is 29.5 Å². The first-order valence-electron chi connectivity index (χ1n) is 7.97. The maximum atomic E-state index is 5.87. The number of hydrogen-bond acceptors (Lipinski definition) is 7. The summed E-state index contributed by atoms with van der Waals surface area (Å²) in [7, 11) is 0. The summed E-state index contributed by atoms with van der Waals surface area (Å²) in [5.74, 6) is 0.718. The zero-order chi connectivity index (χ0) is 17.1. The third kappa shape index (κ3) is 3.36. The molecule has 0 aliphatic rings. The van der Waals surface area contributed by atoms with Crippen LogP contribution in [0.1, 0.15) is 30.7 Å². The van der Waals surface area contributed by atoms with Crippen molar-refractivity contribution in [1.29, 1.82) is 0 Å². The van der Waals surface area contributed by atoms with Crippen LogP contribution >= 0.6 is 11.8 Å². The van der Waals surface area contributed by atoms with E-state index in [9.17, 15) is 0 Å². The van der Waals surface area contributed by atoms with Crippen LogP contribution < -0.4 is 0 Å². The Morgan fingerprint density at radius 3 is 2.68 bits per heavy atom. The van der Waals surface area contributed by atoms with Gasteiger partial charge in [0, 0.05) is 12.4 Å². The molecule has 0 fully saturated rings. The Balaban J connectivity index is 1.58. The Labute approximate surface area is 148 Å². The fourth-order valence-corrected chi connectivity index (χ4v) is 3.28. The van der Waals surface area contributed by atoms with Crippen molar-refractivity contribution in [2.24, 2.45) is 0 Å². The Morgan fingerprint density at radius 1 is 1.00 bits per heavy atom. The molecule has 4 rings (SSSR count). The Kier molecular flexibility index (Phi) is 4.39. The van der Waals surface area contributed by atoms with Gasteiger partial charge in [0.1, 0.15) is 10.5 Å². The Hall–Kier alpha value is -2.80. The first kappa shape index (κ1) is 15.7. The zero-order valence-electron chi connectivity index (χ0n) is 13.5. The van der Waals surface area contributed by atoms with Gasteiger partial charge in [0.25, 0.3) is 5.22 Å². The van der Waals surface area contributed by atoms with Crippen LogP contribution in [0.5, 0.6) is 0 Å². The fourth-order valence-electron chi connectivity index (χ4n) is 2.62. The highest BCUT2D eigenvalue weighted by atomic mass is 32.2. The van der Waals surface area contributed by atoms with Crippen molar-refractivity contribution in [3.8, 4) is 0 Å². The molecule has 0 radical (unpaired) electrons. The summed E-state index contributed by atoms with van der Waals surface area (Å²) in [5.41, 5.74) is 2.53. The van der Waals surface area contributed by atoms with E-state index < -0.39 is 0 Å². The Bertz CT molecular complexity index is 989. The predicted molar refractivity (Wildman–Crippen MR) is 94.3 cm³/mol. The first-order chi connectivity index (χ1) is 12.3. The minimum Gasteiger partial charge on any atom is -0.415 e. The number of pyridine rings is 1. The molecule has 3 aromatic heterocycles. The second kappa shape index (κ2) is 6.98. The van der Waals surface area contributed by atoms with Gasteiger partial charge >= 0.3 is 0 Å². The number of hydrogen-bond donors (Lipinski definition) is 0. The van der Waals surface area contributed by atoms with E-state index in [1.165, 1.54) is 17.3 Å². The van der Waals surface area contributed by atoms with Gasteiger partial charge in [-0.25, -0.2) is 9.97 Å². The van der Waals surface area contributed by atoms with Crippen LogP contribution in [0.25, 0.3) is 11.2 Å². The summed E-state index contributed by atoms with van der Waals surface area (Å²) in [6.45, 7) is 2.11. The molecule has 0 bridgehead atoms. The lowest BCUT2D eigenvalue weighted by Crippen LogP contribution is -1.99. The topological polar surface area (TPSA) is 77.6 Å². The average Bonchev–Trinajstić information content (AvgIpc) is 3.11. The normalized spacial score (nSPS) is 12.4. The molecule has 6 nitrogen and oxygen atoms in total. The van der Waals surface area contributed by atoms with Gasteiger partial charge < -0.3 is 4.42 Å². The van der Waals surface area contributed by atoms with Crippen molar-refractivity contribution in [2.75, 3.05) is 0 Å². The molecule has 0 spiro atoms. The smallest absolute Gasteiger partial charge is 0.282 e. The van der Waals surface area contributed by atoms with Crippen molar-refractivity contribution in [1.82, 2.24) is 25.1 Å². The van der Waals surface area contributed by atoms with E-state index >= 15 is 0 Å². The zero-order valence-corrected chi connectivity index (χ0v) is 14.3. The molecular weight excluding hydrogens is 334 g/mol.